The topological polar surface area (TPSA) is 103 Å². The quantitative estimate of drug-likeness (QED) is 0.416. The number of rotatable bonds is 8. The van der Waals surface area contributed by atoms with Crippen LogP contribution < -0.4 is 11.1 Å². The smallest absolute Gasteiger partial charge is 0.311 e. The van der Waals surface area contributed by atoms with Crippen molar-refractivity contribution in [2.24, 2.45) is 0 Å². The standard InChI is InChI=1S/C11H18N4O3/c1-2-7-18-8-3-6-13-10-5-4-9(15(16)17)11(12)14-10/h4-5H,2-3,6-8H2,1H3,(H3,12,13,14). The van der Waals surface area contributed by atoms with E-state index in [2.05, 4.69) is 17.2 Å². The summed E-state index contributed by atoms with van der Waals surface area (Å²) in [5.74, 6) is 0.459. The molecule has 0 fully saturated rings. The number of anilines is 2. The number of nitrogens with two attached hydrogens (primary N) is 1. The average Bonchev–Trinajstić information content (AvgIpc) is 2.33. The van der Waals surface area contributed by atoms with Crippen LogP contribution >= 0.6 is 0 Å². The molecule has 0 saturated carbocycles. The van der Waals surface area contributed by atoms with Crippen molar-refractivity contribution in [1.29, 1.82) is 0 Å². The van der Waals surface area contributed by atoms with Crippen LogP contribution in [0.5, 0.6) is 0 Å². The number of ether oxygens (including phenoxy) is 1. The third kappa shape index (κ3) is 4.54. The van der Waals surface area contributed by atoms with Crippen molar-refractivity contribution in [3.8, 4) is 0 Å². The van der Waals surface area contributed by atoms with Crippen LogP contribution in [-0.4, -0.2) is 29.7 Å². The molecule has 0 radical (unpaired) electrons. The van der Waals surface area contributed by atoms with E-state index in [0.29, 0.717) is 19.0 Å². The molecule has 7 nitrogen and oxygen atoms in total. The van der Waals surface area contributed by atoms with Gasteiger partial charge in [0.05, 0.1) is 4.92 Å². The Bertz CT molecular complexity index is 398. The van der Waals surface area contributed by atoms with Crippen molar-refractivity contribution in [3.05, 3.63) is 22.2 Å². The van der Waals surface area contributed by atoms with E-state index in [4.69, 9.17) is 10.5 Å². The van der Waals surface area contributed by atoms with Gasteiger partial charge in [0.1, 0.15) is 5.82 Å². The molecule has 0 aliphatic heterocycles. The lowest BCUT2D eigenvalue weighted by Crippen LogP contribution is -2.08. The molecular formula is C11H18N4O3. The fourth-order valence-electron chi connectivity index (χ4n) is 1.36. The lowest BCUT2D eigenvalue weighted by molar-refractivity contribution is -0.384. The summed E-state index contributed by atoms with van der Waals surface area (Å²) >= 11 is 0. The molecule has 0 aliphatic carbocycles. The van der Waals surface area contributed by atoms with Crippen LogP contribution in [0.15, 0.2) is 12.1 Å². The van der Waals surface area contributed by atoms with Crippen LogP contribution in [0.2, 0.25) is 0 Å². The second-order valence-corrected chi connectivity index (χ2v) is 3.75. The van der Waals surface area contributed by atoms with E-state index in [1.54, 1.807) is 6.07 Å². The van der Waals surface area contributed by atoms with Gasteiger partial charge in [-0.1, -0.05) is 6.92 Å². The maximum Gasteiger partial charge on any atom is 0.311 e. The van der Waals surface area contributed by atoms with Crippen molar-refractivity contribution in [1.82, 2.24) is 4.98 Å². The molecule has 7 heteroatoms. The Morgan fingerprint density at radius 2 is 2.28 bits per heavy atom. The number of nitrogens with one attached hydrogen (secondary N) is 1. The summed E-state index contributed by atoms with van der Waals surface area (Å²) in [6.07, 6.45) is 1.85. The molecule has 0 aliphatic rings. The molecule has 18 heavy (non-hydrogen) atoms. The molecule has 100 valence electrons. The number of hydrogen-bond acceptors (Lipinski definition) is 6. The Hall–Kier alpha value is -1.89. The molecule has 0 unspecified atom stereocenters. The number of aromatic nitrogens is 1. The van der Waals surface area contributed by atoms with Gasteiger partial charge in [0.15, 0.2) is 0 Å². The number of pyridine rings is 1. The second kappa shape index (κ2) is 7.44. The highest BCUT2D eigenvalue weighted by atomic mass is 16.6. The summed E-state index contributed by atoms with van der Waals surface area (Å²) in [6.45, 7) is 4.20. The summed E-state index contributed by atoms with van der Waals surface area (Å²) in [4.78, 5) is 13.9. The third-order valence-corrected chi connectivity index (χ3v) is 2.22. The zero-order valence-electron chi connectivity index (χ0n) is 10.4. The minimum absolute atomic E-state index is 0.0766. The molecule has 0 bridgehead atoms. The van der Waals surface area contributed by atoms with Crippen molar-refractivity contribution in [3.63, 3.8) is 0 Å². The van der Waals surface area contributed by atoms with Gasteiger partial charge in [0.2, 0.25) is 5.82 Å². The Morgan fingerprint density at radius 1 is 1.50 bits per heavy atom. The first-order valence-electron chi connectivity index (χ1n) is 5.87. The number of nitrogen functional groups attached to an aromatic ring is 1. The van der Waals surface area contributed by atoms with E-state index >= 15 is 0 Å². The Balaban J connectivity index is 2.35. The number of nitrogens with zero attached hydrogens (tertiary/aromatic N) is 2. The van der Waals surface area contributed by atoms with Gasteiger partial charge in [-0.2, -0.15) is 0 Å². The highest BCUT2D eigenvalue weighted by molar-refractivity contribution is 5.57. The predicted molar refractivity (Wildman–Crippen MR) is 69.5 cm³/mol. The van der Waals surface area contributed by atoms with Gasteiger partial charge in [-0.3, -0.25) is 10.1 Å². The van der Waals surface area contributed by atoms with Crippen LogP contribution in [0.1, 0.15) is 19.8 Å². The zero-order chi connectivity index (χ0) is 13.4. The molecule has 0 saturated heterocycles. The maximum absolute atomic E-state index is 10.5. The monoisotopic (exact) mass is 254 g/mol. The predicted octanol–water partition coefficient (Wildman–Crippen LogP) is 1.80. The molecule has 1 rings (SSSR count). The summed E-state index contributed by atoms with van der Waals surface area (Å²) in [6, 6.07) is 2.89. The largest absolute Gasteiger partial charge is 0.381 e. The minimum Gasteiger partial charge on any atom is -0.381 e. The second-order valence-electron chi connectivity index (χ2n) is 3.75. The van der Waals surface area contributed by atoms with E-state index in [-0.39, 0.29) is 11.5 Å². The summed E-state index contributed by atoms with van der Waals surface area (Å²) in [5, 5.41) is 13.6. The van der Waals surface area contributed by atoms with Crippen LogP contribution in [-0.2, 0) is 4.74 Å². The fraction of sp³-hybridized carbons (Fsp3) is 0.545. The molecule has 1 heterocycles. The Labute approximate surface area is 105 Å². The lowest BCUT2D eigenvalue weighted by atomic mass is 10.3. The molecule has 0 aromatic carbocycles. The van der Waals surface area contributed by atoms with E-state index in [1.165, 1.54) is 6.07 Å². The van der Waals surface area contributed by atoms with Crippen LogP contribution in [0.25, 0.3) is 0 Å². The third-order valence-electron chi connectivity index (χ3n) is 2.22. The highest BCUT2D eigenvalue weighted by Gasteiger charge is 2.12. The van der Waals surface area contributed by atoms with E-state index < -0.39 is 4.92 Å². The SMILES string of the molecule is CCCOCCCNc1ccc([N+](=O)[O-])c(N)n1. The van der Waals surface area contributed by atoms with Gasteiger partial charge in [-0.15, -0.1) is 0 Å². The number of nitro groups is 1. The molecule has 3 N–H and O–H groups in total. The van der Waals surface area contributed by atoms with Gasteiger partial charge in [0.25, 0.3) is 0 Å². The average molecular weight is 254 g/mol. The molecule has 0 spiro atoms. The zero-order valence-corrected chi connectivity index (χ0v) is 10.4. The van der Waals surface area contributed by atoms with Crippen LogP contribution in [0, 0.1) is 10.1 Å². The summed E-state index contributed by atoms with van der Waals surface area (Å²) < 4.78 is 5.32. The van der Waals surface area contributed by atoms with Crippen LogP contribution in [0.4, 0.5) is 17.3 Å². The first kappa shape index (κ1) is 14.2. The van der Waals surface area contributed by atoms with E-state index in [1.807, 2.05) is 0 Å². The van der Waals surface area contributed by atoms with E-state index in [0.717, 1.165) is 19.4 Å². The van der Waals surface area contributed by atoms with Crippen molar-refractivity contribution < 1.29 is 9.66 Å². The van der Waals surface area contributed by atoms with E-state index in [9.17, 15) is 10.1 Å². The lowest BCUT2D eigenvalue weighted by Gasteiger charge is -2.06. The van der Waals surface area contributed by atoms with Crippen molar-refractivity contribution >= 4 is 17.3 Å². The first-order valence-corrected chi connectivity index (χ1v) is 5.87. The first-order chi connectivity index (χ1) is 8.65. The van der Waals surface area contributed by atoms with Gasteiger partial charge in [-0.25, -0.2) is 4.98 Å². The summed E-state index contributed by atoms with van der Waals surface area (Å²) in [7, 11) is 0. The fourth-order valence-corrected chi connectivity index (χ4v) is 1.36. The minimum atomic E-state index is -0.551. The van der Waals surface area contributed by atoms with Gasteiger partial charge in [0, 0.05) is 25.8 Å². The van der Waals surface area contributed by atoms with Gasteiger partial charge >= 0.3 is 5.69 Å². The van der Waals surface area contributed by atoms with Crippen LogP contribution in [0.3, 0.4) is 0 Å². The maximum atomic E-state index is 10.5. The molecule has 1 aromatic rings. The highest BCUT2D eigenvalue weighted by Crippen LogP contribution is 2.20. The normalized spacial score (nSPS) is 10.3. The van der Waals surface area contributed by atoms with Crippen molar-refractivity contribution in [2.45, 2.75) is 19.8 Å². The molecule has 1 aromatic heterocycles. The molecule has 0 atom stereocenters. The number of hydrogen-bond donors (Lipinski definition) is 2. The van der Waals surface area contributed by atoms with Crippen molar-refractivity contribution in [2.75, 3.05) is 30.8 Å². The van der Waals surface area contributed by atoms with Gasteiger partial charge in [-0.05, 0) is 18.9 Å². The molecular weight excluding hydrogens is 236 g/mol. The van der Waals surface area contributed by atoms with Gasteiger partial charge < -0.3 is 15.8 Å². The summed E-state index contributed by atoms with van der Waals surface area (Å²) in [5.41, 5.74) is 5.30. The Morgan fingerprint density at radius 3 is 2.89 bits per heavy atom. The Kier molecular flexibility index (Phi) is 5.86. The molecule has 0 amide bonds.